The fourth-order valence-corrected chi connectivity index (χ4v) is 2.42. The molecule has 0 saturated heterocycles. The first-order chi connectivity index (χ1) is 10.8. The minimum absolute atomic E-state index is 0.314. The molecule has 1 heterocycles. The Morgan fingerprint density at radius 3 is 2.65 bits per heavy atom. The maximum Gasteiger partial charge on any atom is 0.408 e. The summed E-state index contributed by atoms with van der Waals surface area (Å²) in [6.45, 7) is 3.58. The van der Waals surface area contributed by atoms with Gasteiger partial charge in [0.05, 0.1) is 24.0 Å². The summed E-state index contributed by atoms with van der Waals surface area (Å²) in [5, 5.41) is 7.02. The van der Waals surface area contributed by atoms with Crippen LogP contribution in [0.15, 0.2) is 24.4 Å². The molecule has 0 aliphatic rings. The molecule has 2 rings (SSSR count). The molecule has 0 spiro atoms. The topological polar surface area (TPSA) is 39.1 Å². The first-order valence-corrected chi connectivity index (χ1v) is 7.38. The van der Waals surface area contributed by atoms with Crippen LogP contribution in [0, 0.1) is 0 Å². The van der Waals surface area contributed by atoms with Crippen LogP contribution in [0.25, 0.3) is 11.3 Å². The molecule has 4 nitrogen and oxygen atoms in total. The molecule has 0 aliphatic heterocycles. The van der Waals surface area contributed by atoms with E-state index in [0.29, 0.717) is 34.3 Å². The van der Waals surface area contributed by atoms with Crippen LogP contribution >= 0.6 is 11.6 Å². The van der Waals surface area contributed by atoms with Crippen LogP contribution < -0.4 is 10.1 Å². The van der Waals surface area contributed by atoms with Crippen molar-refractivity contribution in [2.45, 2.75) is 32.6 Å². The number of nitrogens with zero attached hydrogens (tertiary/aromatic N) is 2. The molecule has 1 aromatic carbocycles. The summed E-state index contributed by atoms with van der Waals surface area (Å²) in [6, 6.07) is 3.08. The molecular formula is C15H17ClF3N3O. The molecule has 0 unspecified atom stereocenters. The number of anilines is 1. The number of ether oxygens (including phenoxy) is 1. The van der Waals surface area contributed by atoms with E-state index in [1.807, 2.05) is 6.92 Å². The summed E-state index contributed by atoms with van der Waals surface area (Å²) in [7, 11) is 1.45. The summed E-state index contributed by atoms with van der Waals surface area (Å²) in [6.07, 6.45) is -2.80. The lowest BCUT2D eigenvalue weighted by atomic mass is 10.1. The van der Waals surface area contributed by atoms with Gasteiger partial charge in [-0.25, -0.2) is 0 Å². The van der Waals surface area contributed by atoms with Gasteiger partial charge in [0.15, 0.2) is 0 Å². The van der Waals surface area contributed by atoms with E-state index in [4.69, 9.17) is 16.3 Å². The van der Waals surface area contributed by atoms with Crippen molar-refractivity contribution in [3.8, 4) is 17.0 Å². The van der Waals surface area contributed by atoms with Gasteiger partial charge >= 0.3 is 6.18 Å². The zero-order valence-electron chi connectivity index (χ0n) is 12.9. The fourth-order valence-electron chi connectivity index (χ4n) is 2.18. The number of alkyl halides is 3. The molecule has 126 valence electrons. The van der Waals surface area contributed by atoms with Gasteiger partial charge in [-0.15, -0.1) is 0 Å². The number of aryl methyl sites for hydroxylation is 1. The molecule has 0 fully saturated rings. The molecule has 0 aliphatic carbocycles. The zero-order chi connectivity index (χ0) is 17.2. The van der Waals surface area contributed by atoms with Gasteiger partial charge in [0.25, 0.3) is 0 Å². The van der Waals surface area contributed by atoms with E-state index >= 15 is 0 Å². The second kappa shape index (κ2) is 6.70. The maximum atomic E-state index is 12.6. The Morgan fingerprint density at radius 2 is 2.09 bits per heavy atom. The Hall–Kier alpha value is -1.89. The smallest absolute Gasteiger partial charge is 0.408 e. The number of halogens is 4. The number of methoxy groups -OCH3 is 1. The third kappa shape index (κ3) is 3.72. The van der Waals surface area contributed by atoms with E-state index in [2.05, 4.69) is 10.4 Å². The van der Waals surface area contributed by atoms with Gasteiger partial charge in [0.2, 0.25) is 0 Å². The molecule has 8 heteroatoms. The second-order valence-corrected chi connectivity index (χ2v) is 5.39. The SMILES string of the molecule is CCn1ncc(Cl)c1-c1ccc(N[C@H](C)C(F)(F)F)cc1OC. The number of hydrogen-bond acceptors (Lipinski definition) is 3. The van der Waals surface area contributed by atoms with Crippen LogP contribution in [-0.2, 0) is 6.54 Å². The summed E-state index contributed by atoms with van der Waals surface area (Å²) in [5.41, 5.74) is 1.65. The van der Waals surface area contributed by atoms with E-state index in [1.165, 1.54) is 19.4 Å². The van der Waals surface area contributed by atoms with Crippen molar-refractivity contribution < 1.29 is 17.9 Å². The molecule has 1 atom stereocenters. The average Bonchev–Trinajstić information content (AvgIpc) is 2.87. The number of rotatable bonds is 5. The third-order valence-corrected chi connectivity index (χ3v) is 3.70. The predicted octanol–water partition coefficient (Wildman–Crippen LogP) is 4.59. The Morgan fingerprint density at radius 1 is 1.39 bits per heavy atom. The van der Waals surface area contributed by atoms with Gasteiger partial charge in [-0.05, 0) is 26.0 Å². The van der Waals surface area contributed by atoms with Crippen molar-refractivity contribution in [2.24, 2.45) is 0 Å². The van der Waals surface area contributed by atoms with E-state index in [0.717, 1.165) is 6.92 Å². The fraction of sp³-hybridized carbons (Fsp3) is 0.400. The van der Waals surface area contributed by atoms with Gasteiger partial charge in [-0.1, -0.05) is 11.6 Å². The van der Waals surface area contributed by atoms with Gasteiger partial charge in [0.1, 0.15) is 11.8 Å². The molecule has 0 amide bonds. The highest BCUT2D eigenvalue weighted by atomic mass is 35.5. The molecule has 2 aromatic rings. The number of hydrogen-bond donors (Lipinski definition) is 1. The normalized spacial score (nSPS) is 13.0. The molecule has 23 heavy (non-hydrogen) atoms. The van der Waals surface area contributed by atoms with Crippen LogP contribution in [0.3, 0.4) is 0 Å². The monoisotopic (exact) mass is 347 g/mol. The second-order valence-electron chi connectivity index (χ2n) is 4.98. The highest BCUT2D eigenvalue weighted by Crippen LogP contribution is 2.37. The molecular weight excluding hydrogens is 331 g/mol. The molecule has 0 saturated carbocycles. The number of aromatic nitrogens is 2. The van der Waals surface area contributed by atoms with Crippen molar-refractivity contribution in [3.05, 3.63) is 29.4 Å². The lowest BCUT2D eigenvalue weighted by Gasteiger charge is -2.19. The van der Waals surface area contributed by atoms with Crippen molar-refractivity contribution in [3.63, 3.8) is 0 Å². The Kier molecular flexibility index (Phi) is 5.09. The largest absolute Gasteiger partial charge is 0.496 e. The van der Waals surface area contributed by atoms with Crippen LogP contribution in [0.1, 0.15) is 13.8 Å². The van der Waals surface area contributed by atoms with Crippen molar-refractivity contribution >= 4 is 17.3 Å². The Labute approximate surface area is 137 Å². The Bertz CT molecular complexity index is 685. The van der Waals surface area contributed by atoms with Crippen molar-refractivity contribution in [1.29, 1.82) is 0 Å². The van der Waals surface area contributed by atoms with Gasteiger partial charge in [-0.2, -0.15) is 18.3 Å². The molecule has 0 radical (unpaired) electrons. The lowest BCUT2D eigenvalue weighted by molar-refractivity contribution is -0.138. The highest BCUT2D eigenvalue weighted by molar-refractivity contribution is 6.33. The van der Waals surface area contributed by atoms with Crippen LogP contribution in [0.4, 0.5) is 18.9 Å². The molecule has 1 aromatic heterocycles. The highest BCUT2D eigenvalue weighted by Gasteiger charge is 2.36. The lowest BCUT2D eigenvalue weighted by Crippen LogP contribution is -2.33. The zero-order valence-corrected chi connectivity index (χ0v) is 13.7. The van der Waals surface area contributed by atoms with Crippen molar-refractivity contribution in [1.82, 2.24) is 9.78 Å². The summed E-state index contributed by atoms with van der Waals surface area (Å²) >= 11 is 6.17. The summed E-state index contributed by atoms with van der Waals surface area (Å²) in [4.78, 5) is 0. The third-order valence-electron chi connectivity index (χ3n) is 3.43. The average molecular weight is 348 g/mol. The first kappa shape index (κ1) is 17.5. The van der Waals surface area contributed by atoms with E-state index in [1.54, 1.807) is 16.8 Å². The quantitative estimate of drug-likeness (QED) is 0.859. The maximum absolute atomic E-state index is 12.6. The summed E-state index contributed by atoms with van der Waals surface area (Å²) < 4.78 is 45.0. The minimum atomic E-state index is -4.32. The first-order valence-electron chi connectivity index (χ1n) is 7.00. The van der Waals surface area contributed by atoms with Crippen LogP contribution in [0.2, 0.25) is 5.02 Å². The van der Waals surface area contributed by atoms with Gasteiger partial charge in [0, 0.05) is 23.9 Å². The number of nitrogens with one attached hydrogen (secondary N) is 1. The van der Waals surface area contributed by atoms with E-state index < -0.39 is 12.2 Å². The number of benzene rings is 1. The van der Waals surface area contributed by atoms with Crippen LogP contribution in [0.5, 0.6) is 5.75 Å². The standard InChI is InChI=1S/C15H17ClF3N3O/c1-4-22-14(12(16)8-20-22)11-6-5-10(7-13(11)23-3)21-9(2)15(17,18)19/h5-9,21H,4H2,1-3H3/t9-/m1/s1. The van der Waals surface area contributed by atoms with Gasteiger partial charge in [-0.3, -0.25) is 4.68 Å². The predicted molar refractivity (Wildman–Crippen MR) is 84.0 cm³/mol. The summed E-state index contributed by atoms with van der Waals surface area (Å²) in [5.74, 6) is 0.418. The molecule has 0 bridgehead atoms. The Balaban J connectivity index is 2.39. The van der Waals surface area contributed by atoms with Gasteiger partial charge < -0.3 is 10.1 Å². The van der Waals surface area contributed by atoms with Crippen molar-refractivity contribution in [2.75, 3.05) is 12.4 Å². The molecule has 1 N–H and O–H groups in total. The minimum Gasteiger partial charge on any atom is -0.496 e. The van der Waals surface area contributed by atoms with E-state index in [9.17, 15) is 13.2 Å². The van der Waals surface area contributed by atoms with E-state index in [-0.39, 0.29) is 0 Å². The van der Waals surface area contributed by atoms with Crippen LogP contribution in [-0.4, -0.2) is 29.1 Å².